The van der Waals surface area contributed by atoms with E-state index in [1.165, 1.54) is 10.6 Å². The van der Waals surface area contributed by atoms with E-state index < -0.39 is 0 Å². The van der Waals surface area contributed by atoms with Crippen molar-refractivity contribution < 1.29 is 0 Å². The molecule has 1 aliphatic heterocycles. The first-order valence-corrected chi connectivity index (χ1v) is 9.70. The molecule has 1 unspecified atom stereocenters. The molecular weight excluding hydrogens is 481 g/mol. The molecule has 0 radical (unpaired) electrons. The Morgan fingerprint density at radius 3 is 2.50 bits per heavy atom. The van der Waals surface area contributed by atoms with Gasteiger partial charge in [-0.25, -0.2) is 4.98 Å². The summed E-state index contributed by atoms with van der Waals surface area (Å²) in [5.41, 5.74) is 7.41. The number of hydrogen-bond acceptors (Lipinski definition) is 4. The molecule has 1 atom stereocenters. The zero-order valence-electron chi connectivity index (χ0n) is 15.1. The van der Waals surface area contributed by atoms with E-state index >= 15 is 0 Å². The molecule has 1 saturated heterocycles. The van der Waals surface area contributed by atoms with Gasteiger partial charge in [-0.3, -0.25) is 4.99 Å². The number of hydrogen-bond donors (Lipinski definition) is 1. The highest BCUT2D eigenvalue weighted by atomic mass is 127. The fourth-order valence-electron chi connectivity index (χ4n) is 2.85. The molecule has 1 fully saturated rings. The average molecular weight is 506 g/mol. The Bertz CT molecular complexity index is 725. The van der Waals surface area contributed by atoms with E-state index in [-0.39, 0.29) is 24.0 Å². The van der Waals surface area contributed by atoms with Crippen LogP contribution >= 0.6 is 46.9 Å². The Kier molecular flexibility index (Phi) is 7.97. The van der Waals surface area contributed by atoms with Gasteiger partial charge in [-0.15, -0.1) is 35.3 Å². The molecule has 2 aromatic rings. The van der Waals surface area contributed by atoms with Crippen LogP contribution in [0.5, 0.6) is 0 Å². The minimum absolute atomic E-state index is 0. The number of aryl methyl sites for hydroxylation is 1. The summed E-state index contributed by atoms with van der Waals surface area (Å²) in [5, 5.41) is 1.89. The first-order valence-electron chi connectivity index (χ1n) is 8.50. The van der Waals surface area contributed by atoms with Crippen molar-refractivity contribution >= 4 is 58.6 Å². The van der Waals surface area contributed by atoms with Gasteiger partial charge in [0, 0.05) is 53.9 Å². The quantitative estimate of drug-likeness (QED) is 0.388. The number of nitrogens with zero attached hydrogens (tertiary/aromatic N) is 4. The van der Waals surface area contributed by atoms with E-state index in [2.05, 4.69) is 45.8 Å². The summed E-state index contributed by atoms with van der Waals surface area (Å²) >= 11 is 7.69. The van der Waals surface area contributed by atoms with Crippen LogP contribution in [-0.4, -0.2) is 48.6 Å². The number of thiazole rings is 1. The van der Waals surface area contributed by atoms with E-state index in [0.29, 0.717) is 18.4 Å². The number of benzene rings is 1. The second-order valence-electron chi connectivity index (χ2n) is 6.36. The number of nitrogens with two attached hydrogens (primary N) is 1. The smallest absolute Gasteiger partial charge is 0.191 e. The van der Waals surface area contributed by atoms with Gasteiger partial charge in [-0.1, -0.05) is 18.5 Å². The molecule has 0 saturated carbocycles. The molecule has 2 heterocycles. The predicted molar refractivity (Wildman–Crippen MR) is 122 cm³/mol. The van der Waals surface area contributed by atoms with Crippen molar-refractivity contribution in [3.8, 4) is 0 Å². The molecule has 1 aliphatic rings. The second-order valence-corrected chi connectivity index (χ2v) is 8.06. The SMILES string of the molecule is Cc1cnc(C(C)CN=C(N)N2CCN(c3ccc(Cl)cc3)CC2)s1.I. The number of halogens is 2. The van der Waals surface area contributed by atoms with E-state index in [9.17, 15) is 0 Å². The summed E-state index contributed by atoms with van der Waals surface area (Å²) in [6.07, 6.45) is 1.92. The molecule has 8 heteroatoms. The molecule has 0 aliphatic carbocycles. The topological polar surface area (TPSA) is 57.8 Å². The number of anilines is 1. The summed E-state index contributed by atoms with van der Waals surface area (Å²) in [6, 6.07) is 7.99. The minimum atomic E-state index is 0. The number of piperazine rings is 1. The van der Waals surface area contributed by atoms with Gasteiger partial charge in [0.05, 0.1) is 11.6 Å². The highest BCUT2D eigenvalue weighted by Gasteiger charge is 2.19. The van der Waals surface area contributed by atoms with E-state index in [4.69, 9.17) is 17.3 Å². The lowest BCUT2D eigenvalue weighted by Gasteiger charge is -2.36. The second kappa shape index (κ2) is 9.75. The van der Waals surface area contributed by atoms with Gasteiger partial charge in [0.1, 0.15) is 0 Å². The lowest BCUT2D eigenvalue weighted by Crippen LogP contribution is -2.51. The third-order valence-electron chi connectivity index (χ3n) is 4.38. The standard InChI is InChI=1S/C18H24ClN5S.HI/c1-13(17-21-12-14(2)25-17)11-22-18(20)24-9-7-23(8-10-24)16-5-3-15(19)4-6-16;/h3-6,12-13H,7-11H2,1-2H3,(H2,20,22);1H. The third-order valence-corrected chi connectivity index (χ3v) is 5.78. The largest absolute Gasteiger partial charge is 0.370 e. The van der Waals surface area contributed by atoms with Crippen LogP contribution in [0.2, 0.25) is 5.02 Å². The summed E-state index contributed by atoms with van der Waals surface area (Å²) in [6.45, 7) is 8.51. The van der Waals surface area contributed by atoms with E-state index in [0.717, 1.165) is 36.2 Å². The predicted octanol–water partition coefficient (Wildman–Crippen LogP) is 3.96. The molecular formula is C18H25ClIN5S. The molecule has 2 N–H and O–H groups in total. The highest BCUT2D eigenvalue weighted by Crippen LogP contribution is 2.22. The van der Waals surface area contributed by atoms with Gasteiger partial charge in [0.2, 0.25) is 0 Å². The third kappa shape index (κ3) is 5.47. The maximum atomic E-state index is 6.21. The first-order chi connectivity index (χ1) is 12.0. The van der Waals surface area contributed by atoms with Gasteiger partial charge in [0.25, 0.3) is 0 Å². The van der Waals surface area contributed by atoms with Gasteiger partial charge in [-0.05, 0) is 31.2 Å². The molecule has 1 aromatic carbocycles. The summed E-state index contributed by atoms with van der Waals surface area (Å²) in [7, 11) is 0. The van der Waals surface area contributed by atoms with Crippen molar-refractivity contribution in [2.45, 2.75) is 19.8 Å². The van der Waals surface area contributed by atoms with Crippen LogP contribution in [-0.2, 0) is 0 Å². The molecule has 142 valence electrons. The van der Waals surface area contributed by atoms with Gasteiger partial charge in [-0.2, -0.15) is 0 Å². The lowest BCUT2D eigenvalue weighted by molar-refractivity contribution is 0.380. The zero-order valence-corrected chi connectivity index (χ0v) is 19.0. The maximum absolute atomic E-state index is 6.21. The van der Waals surface area contributed by atoms with E-state index in [1.807, 2.05) is 18.3 Å². The van der Waals surface area contributed by atoms with Gasteiger partial charge >= 0.3 is 0 Å². The molecule has 0 spiro atoms. The van der Waals surface area contributed by atoms with Crippen molar-refractivity contribution in [1.29, 1.82) is 0 Å². The van der Waals surface area contributed by atoms with Crippen LogP contribution in [0.4, 0.5) is 5.69 Å². The van der Waals surface area contributed by atoms with E-state index in [1.54, 1.807) is 11.3 Å². The van der Waals surface area contributed by atoms with Gasteiger partial charge < -0.3 is 15.5 Å². The zero-order chi connectivity index (χ0) is 17.8. The molecule has 5 nitrogen and oxygen atoms in total. The summed E-state index contributed by atoms with van der Waals surface area (Å²) in [4.78, 5) is 14.8. The van der Waals surface area contributed by atoms with Crippen LogP contribution in [0, 0.1) is 6.92 Å². The molecule has 1 aromatic heterocycles. The van der Waals surface area contributed by atoms with Crippen LogP contribution in [0.15, 0.2) is 35.5 Å². The Balaban J connectivity index is 0.00000243. The Hall–Kier alpha value is -1.06. The lowest BCUT2D eigenvalue weighted by atomic mass is 10.2. The number of aromatic nitrogens is 1. The van der Waals surface area contributed by atoms with Crippen molar-refractivity contribution in [1.82, 2.24) is 9.88 Å². The monoisotopic (exact) mass is 505 g/mol. The van der Waals surface area contributed by atoms with Crippen LogP contribution in [0.25, 0.3) is 0 Å². The minimum Gasteiger partial charge on any atom is -0.370 e. The maximum Gasteiger partial charge on any atom is 0.191 e. The summed E-state index contributed by atoms with van der Waals surface area (Å²) < 4.78 is 0. The Morgan fingerprint density at radius 2 is 1.92 bits per heavy atom. The molecule has 0 amide bonds. The van der Waals surface area contributed by atoms with Crippen molar-refractivity contribution in [3.05, 3.63) is 45.4 Å². The number of aliphatic imine (C=N–C) groups is 1. The van der Waals surface area contributed by atoms with Crippen LogP contribution in [0.3, 0.4) is 0 Å². The molecule has 26 heavy (non-hydrogen) atoms. The summed E-state index contributed by atoms with van der Waals surface area (Å²) in [5.74, 6) is 0.934. The fraction of sp³-hybridized carbons (Fsp3) is 0.444. The Labute approximate surface area is 181 Å². The van der Waals surface area contributed by atoms with Crippen molar-refractivity contribution in [2.75, 3.05) is 37.6 Å². The number of guanidine groups is 1. The molecule has 3 rings (SSSR count). The average Bonchev–Trinajstić information content (AvgIpc) is 3.07. The highest BCUT2D eigenvalue weighted by molar-refractivity contribution is 14.0. The molecule has 0 bridgehead atoms. The van der Waals surface area contributed by atoms with Crippen molar-refractivity contribution in [2.24, 2.45) is 10.7 Å². The Morgan fingerprint density at radius 1 is 1.27 bits per heavy atom. The van der Waals surface area contributed by atoms with Gasteiger partial charge in [0.15, 0.2) is 5.96 Å². The van der Waals surface area contributed by atoms with Crippen LogP contribution < -0.4 is 10.6 Å². The normalized spacial score (nSPS) is 16.3. The van der Waals surface area contributed by atoms with Crippen LogP contribution in [0.1, 0.15) is 22.7 Å². The first kappa shape index (κ1) is 21.2. The fourth-order valence-corrected chi connectivity index (χ4v) is 3.80. The number of rotatable bonds is 4. The van der Waals surface area contributed by atoms with Crippen molar-refractivity contribution in [3.63, 3.8) is 0 Å².